The molecule has 9 heteroatoms. The van der Waals surface area contributed by atoms with Gasteiger partial charge in [0, 0.05) is 0 Å². The molecule has 8 nitrogen and oxygen atoms in total. The second-order valence-electron chi connectivity index (χ2n) is 5.09. The van der Waals surface area contributed by atoms with Gasteiger partial charge in [-0.1, -0.05) is 18.2 Å². The molecule has 138 valence electrons. The lowest BCUT2D eigenvalue weighted by molar-refractivity contribution is -0.119. The molecule has 0 aliphatic carbocycles. The lowest BCUT2D eigenvalue weighted by atomic mass is 10.2. The maximum absolute atomic E-state index is 12.0. The Balaban J connectivity index is 1.89. The summed E-state index contributed by atoms with van der Waals surface area (Å²) >= 11 is 0. The van der Waals surface area contributed by atoms with E-state index in [1.807, 2.05) is 0 Å². The van der Waals surface area contributed by atoms with E-state index in [1.54, 1.807) is 37.3 Å². The van der Waals surface area contributed by atoms with Crippen molar-refractivity contribution in [3.8, 4) is 11.5 Å². The zero-order chi connectivity index (χ0) is 19.0. The zero-order valence-corrected chi connectivity index (χ0v) is 14.9. The second kappa shape index (κ2) is 8.97. The summed E-state index contributed by atoms with van der Waals surface area (Å²) in [5.74, 6) is -0.314. The van der Waals surface area contributed by atoms with Crippen molar-refractivity contribution < 1.29 is 23.1 Å². The van der Waals surface area contributed by atoms with Crippen molar-refractivity contribution in [3.63, 3.8) is 0 Å². The zero-order valence-electron chi connectivity index (χ0n) is 14.0. The minimum atomic E-state index is -3.76. The molecule has 1 amide bonds. The topological polar surface area (TPSA) is 117 Å². The molecule has 0 unspecified atom stereocenters. The Morgan fingerprint density at radius 2 is 1.96 bits per heavy atom. The number of hydrazone groups is 1. The quantitative estimate of drug-likeness (QED) is 0.472. The number of ether oxygens (including phenoxy) is 1. The minimum Gasteiger partial charge on any atom is -0.504 e. The molecule has 0 heterocycles. The molecule has 0 radical (unpaired) electrons. The van der Waals surface area contributed by atoms with Crippen LogP contribution in [-0.2, 0) is 14.8 Å². The number of phenols is 1. The van der Waals surface area contributed by atoms with E-state index in [9.17, 15) is 18.3 Å². The van der Waals surface area contributed by atoms with Crippen LogP contribution in [0.4, 0.5) is 0 Å². The summed E-state index contributed by atoms with van der Waals surface area (Å²) in [4.78, 5) is 11.8. The van der Waals surface area contributed by atoms with Crippen molar-refractivity contribution in [2.24, 2.45) is 5.10 Å². The predicted molar refractivity (Wildman–Crippen MR) is 96.6 cm³/mol. The number of nitrogens with one attached hydrogen (secondary N) is 2. The number of aromatic hydroxyl groups is 1. The van der Waals surface area contributed by atoms with Gasteiger partial charge in [-0.2, -0.15) is 5.10 Å². The Hall–Kier alpha value is -2.91. The molecule has 2 aromatic rings. The fraction of sp³-hybridized carbons (Fsp3) is 0.176. The number of amides is 1. The van der Waals surface area contributed by atoms with Crippen LogP contribution in [0.15, 0.2) is 58.5 Å². The van der Waals surface area contributed by atoms with Crippen LogP contribution < -0.4 is 14.9 Å². The van der Waals surface area contributed by atoms with Crippen LogP contribution in [0.5, 0.6) is 11.5 Å². The number of sulfonamides is 1. The summed E-state index contributed by atoms with van der Waals surface area (Å²) in [5.41, 5.74) is 2.82. The lowest BCUT2D eigenvalue weighted by Crippen LogP contribution is -2.34. The Labute approximate surface area is 151 Å². The number of rotatable bonds is 8. The maximum atomic E-state index is 12.0. The van der Waals surface area contributed by atoms with Gasteiger partial charge < -0.3 is 9.84 Å². The Kier molecular flexibility index (Phi) is 6.70. The summed E-state index contributed by atoms with van der Waals surface area (Å²) in [6.07, 6.45) is 1.35. The third kappa shape index (κ3) is 5.57. The highest BCUT2D eigenvalue weighted by Crippen LogP contribution is 2.26. The molecule has 0 bridgehead atoms. The number of carbonyl (C=O) groups excluding carboxylic acids is 1. The van der Waals surface area contributed by atoms with E-state index in [1.165, 1.54) is 24.4 Å². The standard InChI is InChI=1S/C17H19N3O5S/c1-2-25-16-10-13(8-9-15(16)21)11-18-20-17(22)12-19-26(23,24)14-6-4-3-5-7-14/h3-11,19,21H,2,12H2,1H3,(H,20,22)/b18-11+. The first-order valence-electron chi connectivity index (χ1n) is 7.75. The van der Waals surface area contributed by atoms with E-state index >= 15 is 0 Å². The van der Waals surface area contributed by atoms with Crippen LogP contribution in [0.25, 0.3) is 0 Å². The van der Waals surface area contributed by atoms with Gasteiger partial charge in [0.2, 0.25) is 10.0 Å². The van der Waals surface area contributed by atoms with Crippen molar-refractivity contribution in [3.05, 3.63) is 54.1 Å². The first-order valence-corrected chi connectivity index (χ1v) is 9.23. The monoisotopic (exact) mass is 377 g/mol. The van der Waals surface area contributed by atoms with Crippen LogP contribution in [-0.4, -0.2) is 38.8 Å². The van der Waals surface area contributed by atoms with Crippen LogP contribution >= 0.6 is 0 Å². The summed E-state index contributed by atoms with van der Waals surface area (Å²) < 4.78 is 31.4. The number of nitrogens with zero attached hydrogens (tertiary/aromatic N) is 1. The largest absolute Gasteiger partial charge is 0.504 e. The molecule has 0 aliphatic heterocycles. The van der Waals surface area contributed by atoms with Crippen LogP contribution in [0.2, 0.25) is 0 Å². The number of benzene rings is 2. The molecule has 2 aromatic carbocycles. The highest BCUT2D eigenvalue weighted by Gasteiger charge is 2.14. The maximum Gasteiger partial charge on any atom is 0.255 e. The molecule has 2 rings (SSSR count). The number of carbonyl (C=O) groups is 1. The van der Waals surface area contributed by atoms with Gasteiger partial charge in [0.05, 0.1) is 24.3 Å². The first kappa shape index (κ1) is 19.4. The molecule has 0 spiro atoms. The molecule has 0 saturated carbocycles. The lowest BCUT2D eigenvalue weighted by Gasteiger charge is -2.06. The Morgan fingerprint density at radius 1 is 1.23 bits per heavy atom. The van der Waals surface area contributed by atoms with E-state index in [0.717, 1.165) is 0 Å². The summed E-state index contributed by atoms with van der Waals surface area (Å²) in [6.45, 7) is 1.73. The molecule has 26 heavy (non-hydrogen) atoms. The molecule has 0 atom stereocenters. The van der Waals surface area contributed by atoms with E-state index in [4.69, 9.17) is 4.74 Å². The molecule has 0 aliphatic rings. The third-order valence-corrected chi connectivity index (χ3v) is 4.58. The molecule has 0 fully saturated rings. The van der Waals surface area contributed by atoms with E-state index in [0.29, 0.717) is 17.9 Å². The van der Waals surface area contributed by atoms with Gasteiger partial charge in [-0.3, -0.25) is 4.79 Å². The molecule has 0 aromatic heterocycles. The summed E-state index contributed by atoms with van der Waals surface area (Å²) in [5, 5.41) is 13.4. The first-order chi connectivity index (χ1) is 12.4. The van der Waals surface area contributed by atoms with Crippen molar-refractivity contribution in [1.29, 1.82) is 0 Å². The van der Waals surface area contributed by atoms with Crippen molar-refractivity contribution in [1.82, 2.24) is 10.1 Å². The van der Waals surface area contributed by atoms with Crippen LogP contribution in [0, 0.1) is 0 Å². The van der Waals surface area contributed by atoms with Gasteiger partial charge in [-0.15, -0.1) is 0 Å². The fourth-order valence-corrected chi connectivity index (χ4v) is 2.95. The van der Waals surface area contributed by atoms with Gasteiger partial charge >= 0.3 is 0 Å². The SMILES string of the molecule is CCOc1cc(/C=N/NC(=O)CNS(=O)(=O)c2ccccc2)ccc1O. The summed E-state index contributed by atoms with van der Waals surface area (Å²) in [6, 6.07) is 12.3. The normalized spacial score (nSPS) is 11.4. The van der Waals surface area contributed by atoms with Crippen molar-refractivity contribution in [2.75, 3.05) is 13.2 Å². The molecule has 3 N–H and O–H groups in total. The summed E-state index contributed by atoms with van der Waals surface area (Å²) in [7, 11) is -3.76. The van der Waals surface area contributed by atoms with E-state index < -0.39 is 22.5 Å². The predicted octanol–water partition coefficient (Wildman–Crippen LogP) is 1.22. The molecule has 0 saturated heterocycles. The van der Waals surface area contributed by atoms with Gasteiger partial charge in [-0.05, 0) is 42.8 Å². The van der Waals surface area contributed by atoms with E-state index in [2.05, 4.69) is 15.2 Å². The smallest absolute Gasteiger partial charge is 0.255 e. The van der Waals surface area contributed by atoms with Gasteiger partial charge in [0.1, 0.15) is 0 Å². The van der Waals surface area contributed by atoms with Gasteiger partial charge in [-0.25, -0.2) is 18.6 Å². The molecular weight excluding hydrogens is 358 g/mol. The van der Waals surface area contributed by atoms with Gasteiger partial charge in [0.15, 0.2) is 11.5 Å². The Morgan fingerprint density at radius 3 is 2.65 bits per heavy atom. The third-order valence-electron chi connectivity index (χ3n) is 3.16. The molecular formula is C17H19N3O5S. The van der Waals surface area contributed by atoms with Gasteiger partial charge in [0.25, 0.3) is 5.91 Å². The van der Waals surface area contributed by atoms with E-state index in [-0.39, 0.29) is 10.6 Å². The fourth-order valence-electron chi connectivity index (χ4n) is 1.94. The van der Waals surface area contributed by atoms with Crippen molar-refractivity contribution in [2.45, 2.75) is 11.8 Å². The number of hydrogen-bond acceptors (Lipinski definition) is 6. The average molecular weight is 377 g/mol. The highest BCUT2D eigenvalue weighted by atomic mass is 32.2. The van der Waals surface area contributed by atoms with Crippen LogP contribution in [0.1, 0.15) is 12.5 Å². The Bertz CT molecular complexity index is 883. The number of phenolic OH excluding ortho intramolecular Hbond substituents is 1. The highest BCUT2D eigenvalue weighted by molar-refractivity contribution is 7.89. The average Bonchev–Trinajstić information content (AvgIpc) is 2.64. The van der Waals surface area contributed by atoms with Crippen LogP contribution in [0.3, 0.4) is 0 Å². The van der Waals surface area contributed by atoms with Crippen molar-refractivity contribution >= 4 is 22.1 Å². The number of hydrogen-bond donors (Lipinski definition) is 3. The second-order valence-corrected chi connectivity index (χ2v) is 6.86. The minimum absolute atomic E-state index is 0.00311.